The van der Waals surface area contributed by atoms with Gasteiger partial charge in [0, 0.05) is 12.8 Å². The minimum atomic E-state index is -1.82. The van der Waals surface area contributed by atoms with Crippen molar-refractivity contribution in [3.63, 3.8) is 0 Å². The van der Waals surface area contributed by atoms with E-state index < -0.39 is 15.7 Å². The zero-order chi connectivity index (χ0) is 9.19. The molecule has 0 spiro atoms. The molecule has 1 fully saturated rings. The lowest BCUT2D eigenvalue weighted by molar-refractivity contribution is -0.526. The van der Waals surface area contributed by atoms with Gasteiger partial charge < -0.3 is 0 Å². The predicted octanol–water partition coefficient (Wildman–Crippen LogP) is 1.73. The van der Waals surface area contributed by atoms with Crippen LogP contribution in [-0.2, 0) is 4.79 Å². The van der Waals surface area contributed by atoms with E-state index in [4.69, 9.17) is 11.6 Å². The Morgan fingerprint density at radius 1 is 1.42 bits per heavy atom. The fourth-order valence-electron chi connectivity index (χ4n) is 1.35. The molecule has 5 heteroatoms. The Bertz CT molecular complexity index is 219. The lowest BCUT2D eigenvalue weighted by Gasteiger charge is -2.13. The van der Waals surface area contributed by atoms with Crippen LogP contribution in [-0.4, -0.2) is 15.7 Å². The second kappa shape index (κ2) is 3.39. The summed E-state index contributed by atoms with van der Waals surface area (Å²) in [6.45, 7) is 0. The molecule has 12 heavy (non-hydrogen) atoms. The molecule has 0 N–H and O–H groups in total. The van der Waals surface area contributed by atoms with Crippen molar-refractivity contribution >= 4 is 17.4 Å². The van der Waals surface area contributed by atoms with E-state index in [1.807, 2.05) is 0 Å². The summed E-state index contributed by atoms with van der Waals surface area (Å²) in [6, 6.07) is 0. The van der Waals surface area contributed by atoms with E-state index in [0.717, 1.165) is 12.8 Å². The molecule has 1 rings (SSSR count). The number of halogens is 1. The molecule has 0 aromatic heterocycles. The predicted molar refractivity (Wildman–Crippen MR) is 43.7 cm³/mol. The number of ketones is 1. The number of nitro groups is 1. The minimum absolute atomic E-state index is 0.167. The first-order chi connectivity index (χ1) is 5.57. The van der Waals surface area contributed by atoms with Crippen molar-refractivity contribution in [2.45, 2.75) is 37.1 Å². The molecule has 1 atom stereocenters. The molecular weight excluding hydrogens is 182 g/mol. The highest BCUT2D eigenvalue weighted by Gasteiger charge is 2.48. The number of hydrogen-bond acceptors (Lipinski definition) is 3. The van der Waals surface area contributed by atoms with Crippen LogP contribution in [0.4, 0.5) is 0 Å². The monoisotopic (exact) mass is 191 g/mol. The number of carbonyl (C=O) groups is 1. The Balaban J connectivity index is 2.83. The fraction of sp³-hybridized carbons (Fsp3) is 0.857. The smallest absolute Gasteiger partial charge is 0.290 e. The maximum Gasteiger partial charge on any atom is 0.352 e. The first kappa shape index (κ1) is 9.45. The Kier molecular flexibility index (Phi) is 2.67. The molecule has 1 saturated carbocycles. The lowest BCUT2D eigenvalue weighted by atomic mass is 10.1. The molecule has 0 aliphatic heterocycles. The van der Waals surface area contributed by atoms with E-state index in [-0.39, 0.29) is 12.8 Å². The second-order valence-corrected chi connectivity index (χ2v) is 3.63. The van der Waals surface area contributed by atoms with Gasteiger partial charge in [0.15, 0.2) is 0 Å². The Morgan fingerprint density at radius 2 is 2.08 bits per heavy atom. The van der Waals surface area contributed by atoms with Gasteiger partial charge in [0.25, 0.3) is 0 Å². The van der Waals surface area contributed by atoms with Crippen molar-refractivity contribution in [1.29, 1.82) is 0 Å². The van der Waals surface area contributed by atoms with E-state index in [0.29, 0.717) is 6.42 Å². The van der Waals surface area contributed by atoms with Gasteiger partial charge in [0.1, 0.15) is 0 Å². The van der Waals surface area contributed by atoms with Crippen LogP contribution in [0.1, 0.15) is 32.1 Å². The first-order valence-corrected chi connectivity index (χ1v) is 4.32. The molecule has 0 aromatic carbocycles. The molecule has 4 nitrogen and oxygen atoms in total. The highest BCUT2D eigenvalue weighted by molar-refractivity contribution is 6.33. The van der Waals surface area contributed by atoms with Crippen LogP contribution in [0.2, 0.25) is 0 Å². The number of carbonyl (C=O) groups excluding carboxylic acids is 1. The highest BCUT2D eigenvalue weighted by Crippen LogP contribution is 2.30. The minimum Gasteiger partial charge on any atom is -0.290 e. The maximum atomic E-state index is 11.2. The molecule has 0 bridgehead atoms. The summed E-state index contributed by atoms with van der Waals surface area (Å²) in [4.78, 5) is 19.2. The zero-order valence-corrected chi connectivity index (χ0v) is 7.34. The van der Waals surface area contributed by atoms with Crippen LogP contribution in [0.3, 0.4) is 0 Å². The lowest BCUT2D eigenvalue weighted by Crippen LogP contribution is -2.39. The molecule has 1 unspecified atom stereocenters. The number of hydrogen-bond donors (Lipinski definition) is 0. The van der Waals surface area contributed by atoms with E-state index >= 15 is 0 Å². The molecule has 1 aliphatic carbocycles. The van der Waals surface area contributed by atoms with E-state index in [9.17, 15) is 14.9 Å². The maximum absolute atomic E-state index is 11.2. The SMILES string of the molecule is O=C1CCCCCC1(Cl)[N+](=O)[O-]. The van der Waals surface area contributed by atoms with Gasteiger partial charge in [-0.25, -0.2) is 0 Å². The van der Waals surface area contributed by atoms with Gasteiger partial charge >= 0.3 is 5.00 Å². The summed E-state index contributed by atoms with van der Waals surface area (Å²) in [5, 5.41) is 10.5. The van der Waals surface area contributed by atoms with Gasteiger partial charge in [-0.1, -0.05) is 6.42 Å². The third-order valence-electron chi connectivity index (χ3n) is 2.13. The van der Waals surface area contributed by atoms with Crippen molar-refractivity contribution in [3.05, 3.63) is 10.1 Å². The van der Waals surface area contributed by atoms with E-state index in [1.54, 1.807) is 0 Å². The van der Waals surface area contributed by atoms with E-state index in [1.165, 1.54) is 0 Å². The molecule has 0 aromatic rings. The van der Waals surface area contributed by atoms with Crippen LogP contribution in [0.5, 0.6) is 0 Å². The van der Waals surface area contributed by atoms with E-state index in [2.05, 4.69) is 0 Å². The third kappa shape index (κ3) is 1.58. The summed E-state index contributed by atoms with van der Waals surface area (Å²) in [5.74, 6) is -0.438. The van der Waals surface area contributed by atoms with Crippen molar-refractivity contribution in [2.75, 3.05) is 0 Å². The van der Waals surface area contributed by atoms with Crippen molar-refractivity contribution in [1.82, 2.24) is 0 Å². The number of rotatable bonds is 1. The number of Topliss-reactive ketones (excluding diaryl/α,β-unsaturated/α-hetero) is 1. The molecule has 68 valence electrons. The van der Waals surface area contributed by atoms with Crippen LogP contribution < -0.4 is 0 Å². The van der Waals surface area contributed by atoms with Gasteiger partial charge in [0.05, 0.1) is 4.92 Å². The van der Waals surface area contributed by atoms with Crippen molar-refractivity contribution < 1.29 is 9.72 Å². The summed E-state index contributed by atoms with van der Waals surface area (Å²) < 4.78 is 0. The van der Waals surface area contributed by atoms with Gasteiger partial charge in [-0.05, 0) is 24.4 Å². The summed E-state index contributed by atoms with van der Waals surface area (Å²) in [7, 11) is 0. The standard InChI is InChI=1S/C7H10ClNO3/c8-7(9(11)12)5-3-1-2-4-6(7)10/h1-5H2. The topological polar surface area (TPSA) is 60.2 Å². The zero-order valence-electron chi connectivity index (χ0n) is 6.59. The quantitative estimate of drug-likeness (QED) is 0.209. The Hall–Kier alpha value is -0.640. The Labute approximate surface area is 75.0 Å². The number of nitrogens with zero attached hydrogens (tertiary/aromatic N) is 1. The highest BCUT2D eigenvalue weighted by atomic mass is 35.5. The molecular formula is C7H10ClNO3. The molecule has 0 radical (unpaired) electrons. The van der Waals surface area contributed by atoms with Crippen LogP contribution in [0.15, 0.2) is 0 Å². The molecule has 0 saturated heterocycles. The summed E-state index contributed by atoms with van der Waals surface area (Å²) in [6.07, 6.45) is 2.65. The summed E-state index contributed by atoms with van der Waals surface area (Å²) >= 11 is 5.62. The van der Waals surface area contributed by atoms with Crippen molar-refractivity contribution in [2.24, 2.45) is 0 Å². The summed E-state index contributed by atoms with van der Waals surface area (Å²) in [5.41, 5.74) is 0. The van der Waals surface area contributed by atoms with Crippen LogP contribution in [0, 0.1) is 10.1 Å². The van der Waals surface area contributed by atoms with Gasteiger partial charge in [-0.15, -0.1) is 0 Å². The molecule has 0 heterocycles. The van der Waals surface area contributed by atoms with Crippen LogP contribution >= 0.6 is 11.6 Å². The van der Waals surface area contributed by atoms with Gasteiger partial charge in [0.2, 0.25) is 5.78 Å². The molecule has 1 aliphatic rings. The first-order valence-electron chi connectivity index (χ1n) is 3.94. The second-order valence-electron chi connectivity index (χ2n) is 3.00. The van der Waals surface area contributed by atoms with Crippen molar-refractivity contribution in [3.8, 4) is 0 Å². The number of alkyl halides is 1. The Morgan fingerprint density at radius 3 is 2.67 bits per heavy atom. The fourth-order valence-corrected chi connectivity index (χ4v) is 1.57. The average molecular weight is 192 g/mol. The normalized spacial score (nSPS) is 31.2. The van der Waals surface area contributed by atoms with Gasteiger partial charge in [-0.2, -0.15) is 0 Å². The van der Waals surface area contributed by atoms with Crippen LogP contribution in [0.25, 0.3) is 0 Å². The molecule has 0 amide bonds. The average Bonchev–Trinajstić information content (AvgIpc) is 2.16. The largest absolute Gasteiger partial charge is 0.352 e. The third-order valence-corrected chi connectivity index (χ3v) is 2.67. The van der Waals surface area contributed by atoms with Gasteiger partial charge in [-0.3, -0.25) is 14.9 Å².